The Balaban J connectivity index is 1.55. The molecule has 26 heavy (non-hydrogen) atoms. The number of hydrogen-bond donors (Lipinski definition) is 0. The molecule has 0 saturated carbocycles. The van der Waals surface area contributed by atoms with E-state index in [0.29, 0.717) is 49.3 Å². The van der Waals surface area contributed by atoms with Crippen LogP contribution in [-0.4, -0.2) is 59.9 Å². The molecule has 0 aliphatic carbocycles. The summed E-state index contributed by atoms with van der Waals surface area (Å²) in [5, 5.41) is 7.61. The minimum absolute atomic E-state index is 0.0338. The number of benzene rings is 1. The fraction of sp³-hybridized carbons (Fsp3) is 0.471. The summed E-state index contributed by atoms with van der Waals surface area (Å²) in [6.45, 7) is 4.91. The third-order valence-corrected chi connectivity index (χ3v) is 6.23. The highest BCUT2D eigenvalue weighted by molar-refractivity contribution is 7.89. The Morgan fingerprint density at radius 1 is 1.15 bits per heavy atom. The van der Waals surface area contributed by atoms with Gasteiger partial charge in [0.05, 0.1) is 4.90 Å². The minimum atomic E-state index is -3.52. The molecule has 0 unspecified atom stereocenters. The van der Waals surface area contributed by atoms with Crippen LogP contribution >= 0.6 is 0 Å². The second kappa shape index (κ2) is 7.55. The summed E-state index contributed by atoms with van der Waals surface area (Å²) < 4.78 is 32.1. The Morgan fingerprint density at radius 2 is 1.88 bits per heavy atom. The smallest absolute Gasteiger partial charge is 0.243 e. The van der Waals surface area contributed by atoms with Crippen molar-refractivity contribution in [2.75, 3.05) is 26.2 Å². The first-order valence-electron chi connectivity index (χ1n) is 8.50. The van der Waals surface area contributed by atoms with Gasteiger partial charge < -0.3 is 9.32 Å². The maximum Gasteiger partial charge on any atom is 0.243 e. The molecule has 140 valence electrons. The van der Waals surface area contributed by atoms with Crippen molar-refractivity contribution in [3.8, 4) is 0 Å². The summed E-state index contributed by atoms with van der Waals surface area (Å²) in [6, 6.07) is 6.87. The van der Waals surface area contributed by atoms with Gasteiger partial charge in [0.15, 0.2) is 0 Å². The molecule has 1 aliphatic rings. The molecule has 1 aromatic heterocycles. The summed E-state index contributed by atoms with van der Waals surface area (Å²) in [5.41, 5.74) is 0.899. The van der Waals surface area contributed by atoms with Crippen LogP contribution in [-0.2, 0) is 21.2 Å². The van der Waals surface area contributed by atoms with E-state index in [0.717, 1.165) is 5.56 Å². The van der Waals surface area contributed by atoms with Crippen LogP contribution in [0.5, 0.6) is 0 Å². The van der Waals surface area contributed by atoms with Gasteiger partial charge in [-0.2, -0.15) is 4.31 Å². The number of piperazine rings is 1. The van der Waals surface area contributed by atoms with E-state index >= 15 is 0 Å². The maximum atomic E-state index is 12.7. The van der Waals surface area contributed by atoms with Gasteiger partial charge in [-0.05, 0) is 24.6 Å². The van der Waals surface area contributed by atoms with Crippen LogP contribution in [0.15, 0.2) is 33.6 Å². The van der Waals surface area contributed by atoms with Gasteiger partial charge >= 0.3 is 0 Å². The summed E-state index contributed by atoms with van der Waals surface area (Å²) in [6.07, 6.45) is 0.660. The number of carbonyl (C=O) groups excluding carboxylic acids is 1. The molecule has 0 radical (unpaired) electrons. The standard InChI is InChI=1S/C17H22N4O4S/c1-13-4-3-5-15(12-13)26(23,24)21-10-8-20(9-11-21)17(22)7-6-16-19-18-14(2)25-16/h3-5,12H,6-11H2,1-2H3. The zero-order valence-corrected chi connectivity index (χ0v) is 15.7. The van der Waals surface area contributed by atoms with Crippen molar-refractivity contribution in [3.63, 3.8) is 0 Å². The van der Waals surface area contributed by atoms with Crippen LogP contribution in [0.1, 0.15) is 23.8 Å². The summed E-state index contributed by atoms with van der Waals surface area (Å²) >= 11 is 0. The molecule has 0 bridgehead atoms. The quantitative estimate of drug-likeness (QED) is 0.774. The largest absolute Gasteiger partial charge is 0.426 e. The highest BCUT2D eigenvalue weighted by atomic mass is 32.2. The molecular formula is C17H22N4O4S. The molecular weight excluding hydrogens is 356 g/mol. The van der Waals surface area contributed by atoms with E-state index in [9.17, 15) is 13.2 Å². The summed E-state index contributed by atoms with van der Waals surface area (Å²) in [4.78, 5) is 14.3. The average Bonchev–Trinajstić information content (AvgIpc) is 3.05. The molecule has 9 heteroatoms. The molecule has 0 atom stereocenters. The Hall–Kier alpha value is -2.26. The Labute approximate surface area is 152 Å². The highest BCUT2D eigenvalue weighted by Crippen LogP contribution is 2.19. The molecule has 1 aliphatic heterocycles. The predicted molar refractivity (Wildman–Crippen MR) is 93.9 cm³/mol. The number of rotatable bonds is 5. The molecule has 2 heterocycles. The third-order valence-electron chi connectivity index (χ3n) is 4.34. The second-order valence-corrected chi connectivity index (χ2v) is 8.25. The van der Waals surface area contributed by atoms with E-state index < -0.39 is 10.0 Å². The van der Waals surface area contributed by atoms with E-state index in [2.05, 4.69) is 10.2 Å². The highest BCUT2D eigenvalue weighted by Gasteiger charge is 2.30. The second-order valence-electron chi connectivity index (χ2n) is 6.32. The van der Waals surface area contributed by atoms with Crippen LogP contribution in [0.3, 0.4) is 0 Å². The SMILES string of the molecule is Cc1cccc(S(=O)(=O)N2CCN(C(=O)CCc3nnc(C)o3)CC2)c1. The first-order valence-corrected chi connectivity index (χ1v) is 9.94. The van der Waals surface area contributed by atoms with Gasteiger partial charge in [0.25, 0.3) is 0 Å². The van der Waals surface area contributed by atoms with Crippen LogP contribution in [0.25, 0.3) is 0 Å². The number of hydrogen-bond acceptors (Lipinski definition) is 6. The van der Waals surface area contributed by atoms with E-state index in [1.807, 2.05) is 13.0 Å². The van der Waals surface area contributed by atoms with Crippen LogP contribution < -0.4 is 0 Å². The molecule has 1 aromatic carbocycles. The lowest BCUT2D eigenvalue weighted by Crippen LogP contribution is -2.50. The Kier molecular flexibility index (Phi) is 5.38. The van der Waals surface area contributed by atoms with Gasteiger partial charge in [0, 0.05) is 45.9 Å². The Bertz CT molecular complexity index is 886. The van der Waals surface area contributed by atoms with E-state index in [1.54, 1.807) is 30.0 Å². The number of nitrogens with zero attached hydrogens (tertiary/aromatic N) is 4. The number of aromatic nitrogens is 2. The van der Waals surface area contributed by atoms with Gasteiger partial charge in [0.2, 0.25) is 27.7 Å². The zero-order valence-electron chi connectivity index (χ0n) is 14.9. The molecule has 8 nitrogen and oxygen atoms in total. The van der Waals surface area contributed by atoms with Crippen LogP contribution in [0, 0.1) is 13.8 Å². The summed E-state index contributed by atoms with van der Waals surface area (Å²) in [5.74, 6) is 0.882. The molecule has 0 N–H and O–H groups in total. The van der Waals surface area contributed by atoms with Gasteiger partial charge in [-0.3, -0.25) is 4.79 Å². The molecule has 2 aromatic rings. The summed E-state index contributed by atoms with van der Waals surface area (Å²) in [7, 11) is -3.52. The topological polar surface area (TPSA) is 96.6 Å². The lowest BCUT2D eigenvalue weighted by atomic mass is 10.2. The van der Waals surface area contributed by atoms with Crippen molar-refractivity contribution in [1.29, 1.82) is 0 Å². The van der Waals surface area contributed by atoms with Crippen molar-refractivity contribution in [2.45, 2.75) is 31.6 Å². The predicted octanol–water partition coefficient (Wildman–Crippen LogP) is 1.15. The average molecular weight is 378 g/mol. The van der Waals surface area contributed by atoms with Gasteiger partial charge in [-0.1, -0.05) is 12.1 Å². The minimum Gasteiger partial charge on any atom is -0.426 e. The molecule has 1 amide bonds. The van der Waals surface area contributed by atoms with E-state index in [1.165, 1.54) is 4.31 Å². The van der Waals surface area contributed by atoms with Crippen molar-refractivity contribution in [1.82, 2.24) is 19.4 Å². The zero-order chi connectivity index (χ0) is 18.7. The Morgan fingerprint density at radius 3 is 2.50 bits per heavy atom. The first-order chi connectivity index (χ1) is 12.4. The number of amides is 1. The van der Waals surface area contributed by atoms with Crippen molar-refractivity contribution in [3.05, 3.63) is 41.6 Å². The monoisotopic (exact) mass is 378 g/mol. The molecule has 3 rings (SSSR count). The fourth-order valence-electron chi connectivity index (χ4n) is 2.91. The van der Waals surface area contributed by atoms with Gasteiger partial charge in [-0.25, -0.2) is 8.42 Å². The first kappa shape index (κ1) is 18.5. The lowest BCUT2D eigenvalue weighted by molar-refractivity contribution is -0.132. The third kappa shape index (κ3) is 4.10. The lowest BCUT2D eigenvalue weighted by Gasteiger charge is -2.34. The van der Waals surface area contributed by atoms with Crippen molar-refractivity contribution >= 4 is 15.9 Å². The van der Waals surface area contributed by atoms with Crippen LogP contribution in [0.4, 0.5) is 0 Å². The van der Waals surface area contributed by atoms with E-state index in [-0.39, 0.29) is 12.3 Å². The van der Waals surface area contributed by atoms with Gasteiger partial charge in [-0.15, -0.1) is 10.2 Å². The fourth-order valence-corrected chi connectivity index (χ4v) is 4.44. The van der Waals surface area contributed by atoms with E-state index in [4.69, 9.17) is 4.42 Å². The number of carbonyl (C=O) groups is 1. The van der Waals surface area contributed by atoms with Crippen molar-refractivity contribution < 1.29 is 17.6 Å². The molecule has 1 fully saturated rings. The number of sulfonamides is 1. The van der Waals surface area contributed by atoms with Gasteiger partial charge in [0.1, 0.15) is 0 Å². The van der Waals surface area contributed by atoms with Crippen molar-refractivity contribution in [2.24, 2.45) is 0 Å². The maximum absolute atomic E-state index is 12.7. The molecule has 0 spiro atoms. The normalized spacial score (nSPS) is 16.0. The molecule has 1 saturated heterocycles. The number of aryl methyl sites for hydroxylation is 3. The van der Waals surface area contributed by atoms with Crippen LogP contribution in [0.2, 0.25) is 0 Å².